The molecule has 0 aliphatic carbocycles. The third kappa shape index (κ3) is 1.67. The Morgan fingerprint density at radius 2 is 2.36 bits per heavy atom. The van der Waals surface area contributed by atoms with Gasteiger partial charge in [-0.25, -0.2) is 5.43 Å². The van der Waals surface area contributed by atoms with Gasteiger partial charge in [-0.15, -0.1) is 0 Å². The molecule has 0 aromatic heterocycles. The second kappa shape index (κ2) is 3.63. The number of ether oxygens (including phenoxy) is 1. The molecule has 0 amide bonds. The molecule has 14 heavy (non-hydrogen) atoms. The number of nitrogens with zero attached hydrogens (tertiary/aromatic N) is 1. The van der Waals surface area contributed by atoms with Crippen molar-refractivity contribution in [3.63, 3.8) is 0 Å². The normalized spacial score (nSPS) is 25.0. The molecule has 0 radical (unpaired) electrons. The second-order valence-corrected chi connectivity index (χ2v) is 3.18. The number of hydrogen-bond acceptors (Lipinski definition) is 5. The van der Waals surface area contributed by atoms with Gasteiger partial charge in [-0.3, -0.25) is 10.4 Å². The molecule has 1 atom stereocenters. The van der Waals surface area contributed by atoms with Crippen LogP contribution in [0.3, 0.4) is 0 Å². The van der Waals surface area contributed by atoms with E-state index in [1.54, 1.807) is 7.11 Å². The minimum Gasteiger partial charge on any atom is -0.481 e. The first-order chi connectivity index (χ1) is 6.79. The Hall–Kier alpha value is -1.62. The minimum absolute atomic E-state index is 0.366. The van der Waals surface area contributed by atoms with Crippen molar-refractivity contribution in [1.29, 1.82) is 0 Å². The maximum absolute atomic E-state index is 5.08. The highest BCUT2D eigenvalue weighted by Crippen LogP contribution is 2.13. The molecule has 0 aromatic rings. The number of nitrogens with one attached hydrogen (secondary N) is 3. The van der Waals surface area contributed by atoms with Crippen molar-refractivity contribution in [2.75, 3.05) is 7.11 Å². The van der Waals surface area contributed by atoms with E-state index in [0.29, 0.717) is 11.9 Å². The van der Waals surface area contributed by atoms with Crippen LogP contribution in [0.25, 0.3) is 0 Å². The largest absolute Gasteiger partial charge is 0.481 e. The van der Waals surface area contributed by atoms with E-state index in [1.807, 2.05) is 23.5 Å². The number of allylic oxidation sites excluding steroid dienone is 1. The maximum atomic E-state index is 5.08. The van der Waals surface area contributed by atoms with E-state index >= 15 is 0 Å². The van der Waals surface area contributed by atoms with Crippen LogP contribution in [0.4, 0.5) is 0 Å². The first-order valence-electron chi connectivity index (χ1n) is 4.51. The Morgan fingerprint density at radius 3 is 3.00 bits per heavy atom. The summed E-state index contributed by atoms with van der Waals surface area (Å²) in [4.78, 5) is 0. The zero-order valence-electron chi connectivity index (χ0n) is 8.24. The standard InChI is InChI=1S/C9H14N4O/c1-7-3-4-13(12-7)8-5-9(14-2)11-10-6-8/h3-7,10-12H,1-2H3. The van der Waals surface area contributed by atoms with Gasteiger partial charge < -0.3 is 10.2 Å². The van der Waals surface area contributed by atoms with E-state index < -0.39 is 0 Å². The molecule has 2 aliphatic rings. The minimum atomic E-state index is 0.366. The average molecular weight is 194 g/mol. The van der Waals surface area contributed by atoms with E-state index in [4.69, 9.17) is 4.74 Å². The van der Waals surface area contributed by atoms with Gasteiger partial charge in [0.05, 0.1) is 12.8 Å². The Bertz CT molecular complexity index is 308. The van der Waals surface area contributed by atoms with Gasteiger partial charge in [0.25, 0.3) is 0 Å². The van der Waals surface area contributed by atoms with E-state index in [9.17, 15) is 0 Å². The summed E-state index contributed by atoms with van der Waals surface area (Å²) in [6.07, 6.45) is 7.85. The van der Waals surface area contributed by atoms with Gasteiger partial charge >= 0.3 is 0 Å². The molecule has 76 valence electrons. The van der Waals surface area contributed by atoms with Crippen LogP contribution in [0, 0.1) is 0 Å². The summed E-state index contributed by atoms with van der Waals surface area (Å²) >= 11 is 0. The zero-order valence-corrected chi connectivity index (χ0v) is 8.24. The molecule has 0 fully saturated rings. The van der Waals surface area contributed by atoms with Gasteiger partial charge in [0.15, 0.2) is 0 Å². The third-order valence-corrected chi connectivity index (χ3v) is 2.06. The van der Waals surface area contributed by atoms with E-state index in [-0.39, 0.29) is 0 Å². The van der Waals surface area contributed by atoms with Crippen molar-refractivity contribution in [3.8, 4) is 0 Å². The van der Waals surface area contributed by atoms with Gasteiger partial charge in [0.2, 0.25) is 5.88 Å². The van der Waals surface area contributed by atoms with Gasteiger partial charge in [-0.1, -0.05) is 0 Å². The summed E-state index contributed by atoms with van der Waals surface area (Å²) < 4.78 is 5.08. The lowest BCUT2D eigenvalue weighted by Crippen LogP contribution is -2.37. The van der Waals surface area contributed by atoms with E-state index in [0.717, 1.165) is 5.70 Å². The van der Waals surface area contributed by atoms with Crippen LogP contribution < -0.4 is 16.3 Å². The Morgan fingerprint density at radius 1 is 1.50 bits per heavy atom. The number of hydrogen-bond donors (Lipinski definition) is 3. The van der Waals surface area contributed by atoms with Crippen LogP contribution >= 0.6 is 0 Å². The molecule has 2 heterocycles. The highest BCUT2D eigenvalue weighted by molar-refractivity contribution is 5.24. The predicted octanol–water partition coefficient (Wildman–Crippen LogP) is 0.146. The van der Waals surface area contributed by atoms with Crippen molar-refractivity contribution in [3.05, 3.63) is 36.1 Å². The van der Waals surface area contributed by atoms with Crippen LogP contribution in [0.1, 0.15) is 6.92 Å². The van der Waals surface area contributed by atoms with E-state index in [1.165, 1.54) is 0 Å². The third-order valence-electron chi connectivity index (χ3n) is 2.06. The van der Waals surface area contributed by atoms with Gasteiger partial charge in [-0.2, -0.15) is 0 Å². The monoisotopic (exact) mass is 194 g/mol. The molecule has 0 aromatic carbocycles. The second-order valence-electron chi connectivity index (χ2n) is 3.18. The molecule has 5 heteroatoms. The summed E-state index contributed by atoms with van der Waals surface area (Å²) in [5, 5.41) is 1.94. The molecular weight excluding hydrogens is 180 g/mol. The number of hydrazine groups is 2. The fourth-order valence-electron chi connectivity index (χ4n) is 1.32. The summed E-state index contributed by atoms with van der Waals surface area (Å²) in [6.45, 7) is 2.09. The molecule has 0 saturated carbocycles. The Labute approximate surface area is 83.0 Å². The lowest BCUT2D eigenvalue weighted by Gasteiger charge is -2.23. The molecule has 0 spiro atoms. The Balaban J connectivity index is 2.08. The van der Waals surface area contributed by atoms with Gasteiger partial charge in [0.1, 0.15) is 0 Å². The fourth-order valence-corrected chi connectivity index (χ4v) is 1.32. The average Bonchev–Trinajstić information content (AvgIpc) is 2.65. The van der Waals surface area contributed by atoms with Crippen molar-refractivity contribution in [2.45, 2.75) is 13.0 Å². The lowest BCUT2D eigenvalue weighted by atomic mass is 10.4. The van der Waals surface area contributed by atoms with Crippen molar-refractivity contribution in [1.82, 2.24) is 21.3 Å². The Kier molecular flexibility index (Phi) is 2.32. The van der Waals surface area contributed by atoms with Crippen LogP contribution in [-0.2, 0) is 4.74 Å². The predicted molar refractivity (Wildman–Crippen MR) is 53.0 cm³/mol. The smallest absolute Gasteiger partial charge is 0.207 e. The van der Waals surface area contributed by atoms with Crippen LogP contribution in [-0.4, -0.2) is 18.2 Å². The topological polar surface area (TPSA) is 48.6 Å². The van der Waals surface area contributed by atoms with Crippen molar-refractivity contribution in [2.24, 2.45) is 0 Å². The molecular formula is C9H14N4O. The maximum Gasteiger partial charge on any atom is 0.207 e. The van der Waals surface area contributed by atoms with Crippen LogP contribution in [0.5, 0.6) is 0 Å². The number of methoxy groups -OCH3 is 1. The lowest BCUT2D eigenvalue weighted by molar-refractivity contribution is 0.245. The SMILES string of the molecule is COC1=CC(N2C=CC(C)N2)=CNN1. The van der Waals surface area contributed by atoms with Gasteiger partial charge in [0, 0.05) is 24.5 Å². The summed E-state index contributed by atoms with van der Waals surface area (Å²) in [6, 6.07) is 0.366. The molecule has 2 rings (SSSR count). The molecule has 2 aliphatic heterocycles. The van der Waals surface area contributed by atoms with Crippen LogP contribution in [0.15, 0.2) is 36.1 Å². The summed E-state index contributed by atoms with van der Waals surface area (Å²) in [5.41, 5.74) is 10.0. The molecule has 5 nitrogen and oxygen atoms in total. The first-order valence-corrected chi connectivity index (χ1v) is 4.51. The molecule has 3 N–H and O–H groups in total. The fraction of sp³-hybridized carbons (Fsp3) is 0.333. The van der Waals surface area contributed by atoms with Crippen LogP contribution in [0.2, 0.25) is 0 Å². The quantitative estimate of drug-likeness (QED) is 0.584. The first kappa shape index (κ1) is 8.96. The summed E-state index contributed by atoms with van der Waals surface area (Å²) in [7, 11) is 1.62. The van der Waals surface area contributed by atoms with Gasteiger partial charge in [-0.05, 0) is 13.0 Å². The molecule has 1 unspecified atom stereocenters. The summed E-state index contributed by atoms with van der Waals surface area (Å²) in [5.74, 6) is 0.692. The van der Waals surface area contributed by atoms with Crippen molar-refractivity contribution < 1.29 is 4.74 Å². The molecule has 0 saturated heterocycles. The van der Waals surface area contributed by atoms with E-state index in [2.05, 4.69) is 29.3 Å². The highest BCUT2D eigenvalue weighted by Gasteiger charge is 2.15. The molecule has 0 bridgehead atoms. The zero-order chi connectivity index (χ0) is 9.97. The van der Waals surface area contributed by atoms with Crippen molar-refractivity contribution >= 4 is 0 Å². The highest BCUT2D eigenvalue weighted by atomic mass is 16.5. The number of rotatable bonds is 2.